The van der Waals surface area contributed by atoms with Gasteiger partial charge in [-0.05, 0) is 49.2 Å². The number of amides is 1. The molecule has 9 nitrogen and oxygen atoms in total. The Bertz CT molecular complexity index is 1140. The Kier molecular flexibility index (Phi) is 6.99. The van der Waals surface area contributed by atoms with Gasteiger partial charge in [0.1, 0.15) is 0 Å². The summed E-state index contributed by atoms with van der Waals surface area (Å²) in [6, 6.07) is 11.1. The van der Waals surface area contributed by atoms with Crippen LogP contribution in [-0.2, 0) is 24.8 Å². The highest BCUT2D eigenvalue weighted by Crippen LogP contribution is 2.22. The normalized spacial score (nSPS) is 16.9. The van der Waals surface area contributed by atoms with Crippen LogP contribution in [0.25, 0.3) is 0 Å². The van der Waals surface area contributed by atoms with Gasteiger partial charge in [-0.25, -0.2) is 21.1 Å². The molecule has 1 aliphatic rings. The lowest BCUT2D eigenvalue weighted by Crippen LogP contribution is -2.32. The maximum atomic E-state index is 12.8. The van der Waals surface area contributed by atoms with Crippen LogP contribution in [0.4, 0.5) is 5.69 Å². The Morgan fingerprint density at radius 3 is 2.29 bits per heavy atom. The molecule has 11 heteroatoms. The summed E-state index contributed by atoms with van der Waals surface area (Å²) in [6.07, 6.45) is 1.78. The van der Waals surface area contributed by atoms with Crippen molar-refractivity contribution in [2.24, 2.45) is 0 Å². The Balaban J connectivity index is 1.78. The molecule has 0 aliphatic carbocycles. The van der Waals surface area contributed by atoms with Crippen molar-refractivity contribution in [3.05, 3.63) is 54.1 Å². The summed E-state index contributed by atoms with van der Waals surface area (Å²) in [5.74, 6) is -0.416. The number of benzene rings is 2. The van der Waals surface area contributed by atoms with E-state index in [-0.39, 0.29) is 27.1 Å². The zero-order chi connectivity index (χ0) is 22.6. The van der Waals surface area contributed by atoms with Crippen LogP contribution in [0, 0.1) is 0 Å². The maximum absolute atomic E-state index is 12.8. The van der Waals surface area contributed by atoms with Gasteiger partial charge in [-0.1, -0.05) is 12.1 Å². The van der Waals surface area contributed by atoms with Crippen molar-refractivity contribution >= 4 is 31.6 Å². The van der Waals surface area contributed by atoms with E-state index in [1.807, 2.05) is 0 Å². The Morgan fingerprint density at radius 1 is 1.03 bits per heavy atom. The molecule has 1 atom stereocenters. The van der Waals surface area contributed by atoms with Crippen molar-refractivity contribution in [2.45, 2.75) is 28.7 Å². The molecule has 168 valence electrons. The molecule has 0 aromatic heterocycles. The highest BCUT2D eigenvalue weighted by atomic mass is 32.2. The molecule has 1 heterocycles. The molecule has 3 rings (SSSR count). The summed E-state index contributed by atoms with van der Waals surface area (Å²) >= 11 is 0. The molecule has 0 radical (unpaired) electrons. The molecule has 0 spiro atoms. The lowest BCUT2D eigenvalue weighted by molar-refractivity contribution is 0.0858. The highest BCUT2D eigenvalue weighted by molar-refractivity contribution is 7.92. The second-order valence-corrected chi connectivity index (χ2v) is 11.1. The van der Waals surface area contributed by atoms with E-state index in [0.717, 1.165) is 17.1 Å². The van der Waals surface area contributed by atoms with Crippen molar-refractivity contribution < 1.29 is 26.4 Å². The van der Waals surface area contributed by atoms with Gasteiger partial charge in [0, 0.05) is 27.2 Å². The second kappa shape index (κ2) is 9.35. The van der Waals surface area contributed by atoms with Crippen molar-refractivity contribution in [2.75, 3.05) is 32.0 Å². The molecule has 0 bridgehead atoms. The number of carbonyl (C=O) groups is 1. The first-order valence-corrected chi connectivity index (χ1v) is 12.6. The molecule has 2 aromatic rings. The SMILES string of the molecule is CN(C)S(=O)(=O)c1ccc(S(=O)(=O)Nc2ccccc2C(=O)NCC2CCCO2)cc1. The molecule has 31 heavy (non-hydrogen) atoms. The van der Waals surface area contributed by atoms with E-state index in [1.165, 1.54) is 50.5 Å². The van der Waals surface area contributed by atoms with E-state index >= 15 is 0 Å². The number of rotatable bonds is 8. The molecule has 1 amide bonds. The first kappa shape index (κ1) is 23.2. The fourth-order valence-corrected chi connectivity index (χ4v) is 5.06. The number of nitrogens with zero attached hydrogens (tertiary/aromatic N) is 1. The fourth-order valence-electron chi connectivity index (χ4n) is 3.08. The van der Waals surface area contributed by atoms with Crippen LogP contribution >= 0.6 is 0 Å². The molecule has 2 N–H and O–H groups in total. The third kappa shape index (κ3) is 5.42. The quantitative estimate of drug-likeness (QED) is 0.609. The van der Waals surface area contributed by atoms with Crippen LogP contribution in [0.1, 0.15) is 23.2 Å². The summed E-state index contributed by atoms with van der Waals surface area (Å²) in [5.41, 5.74) is 0.299. The minimum absolute atomic E-state index is 0.0228. The van der Waals surface area contributed by atoms with Gasteiger partial charge in [-0.3, -0.25) is 9.52 Å². The minimum atomic E-state index is -4.05. The average Bonchev–Trinajstić information content (AvgIpc) is 3.26. The van der Waals surface area contributed by atoms with Gasteiger partial charge < -0.3 is 10.1 Å². The van der Waals surface area contributed by atoms with E-state index in [1.54, 1.807) is 12.1 Å². The summed E-state index contributed by atoms with van der Waals surface area (Å²) in [5, 5.41) is 2.77. The lowest BCUT2D eigenvalue weighted by atomic mass is 10.1. The number of carbonyl (C=O) groups excluding carboxylic acids is 1. The van der Waals surface area contributed by atoms with E-state index in [4.69, 9.17) is 4.74 Å². The van der Waals surface area contributed by atoms with Crippen LogP contribution in [0.2, 0.25) is 0 Å². The van der Waals surface area contributed by atoms with Gasteiger partial charge in [-0.2, -0.15) is 0 Å². The Labute approximate surface area is 182 Å². The van der Waals surface area contributed by atoms with E-state index in [0.29, 0.717) is 13.2 Å². The lowest BCUT2D eigenvalue weighted by Gasteiger charge is -2.15. The van der Waals surface area contributed by atoms with Crippen molar-refractivity contribution in [1.29, 1.82) is 0 Å². The van der Waals surface area contributed by atoms with Crippen LogP contribution in [0.3, 0.4) is 0 Å². The average molecular weight is 468 g/mol. The molecule has 1 fully saturated rings. The zero-order valence-electron chi connectivity index (χ0n) is 17.2. The zero-order valence-corrected chi connectivity index (χ0v) is 18.9. The number of ether oxygens (including phenoxy) is 1. The number of nitrogens with one attached hydrogen (secondary N) is 2. The van der Waals surface area contributed by atoms with Crippen molar-refractivity contribution in [3.63, 3.8) is 0 Å². The molecule has 2 aromatic carbocycles. The molecule has 1 aliphatic heterocycles. The van der Waals surface area contributed by atoms with Crippen LogP contribution in [-0.4, -0.2) is 60.4 Å². The molecule has 1 unspecified atom stereocenters. The van der Waals surface area contributed by atoms with Gasteiger partial charge in [0.25, 0.3) is 15.9 Å². The summed E-state index contributed by atoms with van der Waals surface area (Å²) < 4.78 is 58.9. The number of hydrogen-bond donors (Lipinski definition) is 2. The molecular formula is C20H25N3O6S2. The summed E-state index contributed by atoms with van der Waals surface area (Å²) in [4.78, 5) is 12.4. The standard InChI is InChI=1S/C20H25N3O6S2/c1-23(2)31(27,28)17-11-9-16(10-12-17)30(25,26)22-19-8-4-3-7-18(19)20(24)21-14-15-6-5-13-29-15/h3-4,7-12,15,22H,5-6,13-14H2,1-2H3,(H,21,24). The maximum Gasteiger partial charge on any atom is 0.261 e. The summed E-state index contributed by atoms with van der Waals surface area (Å²) in [7, 11) is -4.94. The van der Waals surface area contributed by atoms with Crippen molar-refractivity contribution in [1.82, 2.24) is 9.62 Å². The largest absolute Gasteiger partial charge is 0.376 e. The Hall–Kier alpha value is -2.47. The topological polar surface area (TPSA) is 122 Å². The predicted octanol–water partition coefficient (Wildman–Crippen LogP) is 1.65. The monoisotopic (exact) mass is 467 g/mol. The van der Waals surface area contributed by atoms with Crippen LogP contribution in [0.15, 0.2) is 58.3 Å². The third-order valence-electron chi connectivity index (χ3n) is 4.84. The number of sulfonamides is 2. The van der Waals surface area contributed by atoms with Crippen LogP contribution in [0.5, 0.6) is 0 Å². The fraction of sp³-hybridized carbons (Fsp3) is 0.350. The molecule has 1 saturated heterocycles. The first-order chi connectivity index (χ1) is 14.6. The second-order valence-electron chi connectivity index (χ2n) is 7.25. The van der Waals surface area contributed by atoms with E-state index in [2.05, 4.69) is 10.0 Å². The number of anilines is 1. The van der Waals surface area contributed by atoms with E-state index in [9.17, 15) is 21.6 Å². The third-order valence-corrected chi connectivity index (χ3v) is 8.05. The number of hydrogen-bond acceptors (Lipinski definition) is 6. The smallest absolute Gasteiger partial charge is 0.261 e. The van der Waals surface area contributed by atoms with Gasteiger partial charge >= 0.3 is 0 Å². The minimum Gasteiger partial charge on any atom is -0.376 e. The van der Waals surface area contributed by atoms with E-state index < -0.39 is 26.0 Å². The highest BCUT2D eigenvalue weighted by Gasteiger charge is 2.22. The first-order valence-electron chi connectivity index (χ1n) is 9.65. The molecular weight excluding hydrogens is 442 g/mol. The van der Waals surface area contributed by atoms with Gasteiger partial charge in [0.15, 0.2) is 0 Å². The summed E-state index contributed by atoms with van der Waals surface area (Å²) in [6.45, 7) is 1.02. The van der Waals surface area contributed by atoms with Crippen molar-refractivity contribution in [3.8, 4) is 0 Å². The number of para-hydroxylation sites is 1. The molecule has 0 saturated carbocycles. The predicted molar refractivity (Wildman–Crippen MR) is 116 cm³/mol. The van der Waals surface area contributed by atoms with Gasteiger partial charge in [0.2, 0.25) is 10.0 Å². The van der Waals surface area contributed by atoms with Crippen LogP contribution < -0.4 is 10.0 Å². The van der Waals surface area contributed by atoms with Gasteiger partial charge in [-0.15, -0.1) is 0 Å². The Morgan fingerprint density at radius 2 is 1.68 bits per heavy atom. The van der Waals surface area contributed by atoms with Gasteiger partial charge in [0.05, 0.1) is 27.1 Å².